The van der Waals surface area contributed by atoms with Crippen LogP contribution in [0.15, 0.2) is 0 Å². The van der Waals surface area contributed by atoms with E-state index in [9.17, 15) is 9.13 Å². The fourth-order valence-corrected chi connectivity index (χ4v) is 5.39. The predicted molar refractivity (Wildman–Crippen MR) is 122 cm³/mol. The van der Waals surface area contributed by atoms with Crippen LogP contribution in [0.1, 0.15) is 110 Å². The molecule has 1 aliphatic rings. The molecule has 1 saturated heterocycles. The monoisotopic (exact) mass is 486 g/mol. The Morgan fingerprint density at radius 2 is 1.26 bits per heavy atom. The molecule has 0 aromatic heterocycles. The molecule has 0 aliphatic carbocycles. The fraction of sp³-hybridized carbons (Fsp3) is 1.00. The lowest BCUT2D eigenvalue weighted by molar-refractivity contribution is 0.175. The molecular weight excluding hydrogens is 442 g/mol. The number of unbranched alkanes of at least 4 members (excludes halogenated alkanes) is 11. The third-order valence-corrected chi connectivity index (χ3v) is 7.87. The van der Waals surface area contributed by atoms with Crippen LogP contribution in [0.4, 0.5) is 0 Å². The number of hydrogen-bond acceptors (Lipinski definition) is 5. The Labute approximate surface area is 188 Å². The van der Waals surface area contributed by atoms with E-state index in [2.05, 4.69) is 15.8 Å². The summed E-state index contributed by atoms with van der Waals surface area (Å²) < 4.78 is 35.3. The average molecular weight is 487 g/mol. The predicted octanol–water partition coefficient (Wildman–Crippen LogP) is 6.49. The number of phosphoric acid groups is 2. The van der Waals surface area contributed by atoms with E-state index in [0.29, 0.717) is 12.5 Å². The second-order valence-corrected chi connectivity index (χ2v) is 11.7. The molecule has 0 radical (unpaired) electrons. The minimum atomic E-state index is -5.03. The first-order chi connectivity index (χ1) is 14.7. The molecule has 0 amide bonds. The van der Waals surface area contributed by atoms with Gasteiger partial charge >= 0.3 is 15.6 Å². The first-order valence-corrected chi connectivity index (χ1v) is 15.1. The van der Waals surface area contributed by atoms with Gasteiger partial charge in [-0.15, -0.1) is 0 Å². The Hall–Kier alpha value is 0.220. The fourth-order valence-electron chi connectivity index (χ4n) is 3.77. The Morgan fingerprint density at radius 1 is 0.806 bits per heavy atom. The van der Waals surface area contributed by atoms with Crippen LogP contribution in [0.3, 0.4) is 0 Å². The van der Waals surface area contributed by atoms with Crippen molar-refractivity contribution < 1.29 is 37.4 Å². The highest BCUT2D eigenvalue weighted by Gasteiger charge is 2.31. The second-order valence-electron chi connectivity index (χ2n) is 8.90. The van der Waals surface area contributed by atoms with Crippen LogP contribution in [-0.2, 0) is 22.7 Å². The summed E-state index contributed by atoms with van der Waals surface area (Å²) in [5.74, 6) is 0.791. The molecule has 1 fully saturated rings. The molecule has 8 nitrogen and oxygen atoms in total. The van der Waals surface area contributed by atoms with E-state index in [0.717, 1.165) is 31.8 Å². The summed E-state index contributed by atoms with van der Waals surface area (Å²) in [7, 11) is -9.71. The van der Waals surface area contributed by atoms with Gasteiger partial charge in [0.1, 0.15) is 0 Å². The highest BCUT2D eigenvalue weighted by molar-refractivity contribution is 7.60. The molecule has 0 saturated carbocycles. The molecule has 0 spiro atoms. The van der Waals surface area contributed by atoms with Crippen LogP contribution in [0.25, 0.3) is 0 Å². The highest BCUT2D eigenvalue weighted by Crippen LogP contribution is 2.57. The summed E-state index contributed by atoms with van der Waals surface area (Å²) in [6, 6.07) is 0. The van der Waals surface area contributed by atoms with Gasteiger partial charge in [0.15, 0.2) is 0 Å². The maximum atomic E-state index is 11.3. The van der Waals surface area contributed by atoms with Crippen LogP contribution < -0.4 is 0 Å². The van der Waals surface area contributed by atoms with Gasteiger partial charge in [-0.3, -0.25) is 4.52 Å². The first-order valence-electron chi connectivity index (χ1n) is 12.0. The molecule has 0 bridgehead atoms. The van der Waals surface area contributed by atoms with Crippen molar-refractivity contribution in [2.45, 2.75) is 116 Å². The average Bonchev–Trinajstić information content (AvgIpc) is 3.47. The maximum Gasteiger partial charge on any atom is 0.481 e. The summed E-state index contributed by atoms with van der Waals surface area (Å²) in [5, 5.41) is 0. The summed E-state index contributed by atoms with van der Waals surface area (Å²) in [6.45, 7) is 3.29. The standard InChI is InChI=1S/C21H44O8P2/c1-20(15-11-7-3-2-4-9-13-17-21-19-27-21)16-12-8-5-6-10-14-18-28-31(25,26)29-30(22,23)24/h20-21H,2-19H2,1H3,(H,25,26)(H2,22,23,24). The Morgan fingerprint density at radius 3 is 1.74 bits per heavy atom. The lowest BCUT2D eigenvalue weighted by Crippen LogP contribution is -1.96. The van der Waals surface area contributed by atoms with Crippen molar-refractivity contribution >= 4 is 15.6 Å². The van der Waals surface area contributed by atoms with E-state index < -0.39 is 15.6 Å². The van der Waals surface area contributed by atoms with Crippen LogP contribution in [0.2, 0.25) is 0 Å². The van der Waals surface area contributed by atoms with Crippen molar-refractivity contribution in [2.75, 3.05) is 13.2 Å². The Bertz CT molecular complexity index is 535. The van der Waals surface area contributed by atoms with E-state index >= 15 is 0 Å². The third kappa shape index (κ3) is 20.6. The lowest BCUT2D eigenvalue weighted by Gasteiger charge is -2.12. The van der Waals surface area contributed by atoms with Crippen LogP contribution in [0.5, 0.6) is 0 Å². The van der Waals surface area contributed by atoms with Gasteiger partial charge in [0, 0.05) is 0 Å². The van der Waals surface area contributed by atoms with E-state index in [-0.39, 0.29) is 6.61 Å². The van der Waals surface area contributed by atoms with E-state index in [4.69, 9.17) is 19.4 Å². The van der Waals surface area contributed by atoms with Crippen molar-refractivity contribution in [1.82, 2.24) is 0 Å². The maximum absolute atomic E-state index is 11.3. The number of phosphoric ester groups is 1. The van der Waals surface area contributed by atoms with Crippen LogP contribution in [-0.4, -0.2) is 34.0 Å². The molecule has 10 heteroatoms. The summed E-state index contributed by atoms with van der Waals surface area (Å²) >= 11 is 0. The van der Waals surface area contributed by atoms with Gasteiger partial charge in [0.25, 0.3) is 0 Å². The van der Waals surface area contributed by atoms with Gasteiger partial charge in [0.2, 0.25) is 0 Å². The molecule has 0 aromatic carbocycles. The third-order valence-electron chi connectivity index (χ3n) is 5.68. The molecule has 31 heavy (non-hydrogen) atoms. The van der Waals surface area contributed by atoms with E-state index in [1.807, 2.05) is 0 Å². The minimum absolute atomic E-state index is 0.0553. The zero-order chi connectivity index (χ0) is 23.0. The first kappa shape index (κ1) is 29.3. The van der Waals surface area contributed by atoms with E-state index in [1.165, 1.54) is 77.0 Å². The zero-order valence-corrected chi connectivity index (χ0v) is 20.9. The van der Waals surface area contributed by atoms with Crippen LogP contribution >= 0.6 is 15.6 Å². The largest absolute Gasteiger partial charge is 0.481 e. The quantitative estimate of drug-likeness (QED) is 0.0900. The summed E-state index contributed by atoms with van der Waals surface area (Å²) in [6.07, 6.45) is 19.9. The van der Waals surface area contributed by atoms with Crippen molar-refractivity contribution in [3.63, 3.8) is 0 Å². The molecule has 3 N–H and O–H groups in total. The highest BCUT2D eigenvalue weighted by atomic mass is 31.3. The van der Waals surface area contributed by atoms with Crippen LogP contribution in [0, 0.1) is 5.92 Å². The van der Waals surface area contributed by atoms with E-state index in [1.54, 1.807) is 0 Å². The molecule has 1 heterocycles. The van der Waals surface area contributed by atoms with Gasteiger partial charge in [-0.1, -0.05) is 96.8 Å². The van der Waals surface area contributed by atoms with Gasteiger partial charge in [-0.25, -0.2) is 9.13 Å². The number of hydrogen-bond donors (Lipinski definition) is 3. The van der Waals surface area contributed by atoms with Gasteiger partial charge in [-0.05, 0) is 18.8 Å². The van der Waals surface area contributed by atoms with Crippen molar-refractivity contribution in [3.05, 3.63) is 0 Å². The molecule has 1 aliphatic heterocycles. The molecule has 3 atom stereocenters. The molecule has 1 rings (SSSR count). The Balaban J connectivity index is 1.79. The molecule has 0 aromatic rings. The molecular formula is C21H44O8P2. The van der Waals surface area contributed by atoms with Crippen molar-refractivity contribution in [1.29, 1.82) is 0 Å². The minimum Gasteiger partial charge on any atom is -0.373 e. The van der Waals surface area contributed by atoms with Crippen molar-refractivity contribution in [2.24, 2.45) is 5.92 Å². The zero-order valence-electron chi connectivity index (χ0n) is 19.2. The van der Waals surface area contributed by atoms with Gasteiger partial charge in [0.05, 0.1) is 19.3 Å². The number of rotatable bonds is 22. The number of epoxide rings is 1. The molecule has 186 valence electrons. The number of ether oxygens (including phenoxy) is 1. The lowest BCUT2D eigenvalue weighted by atomic mass is 9.96. The summed E-state index contributed by atoms with van der Waals surface area (Å²) in [4.78, 5) is 26.2. The summed E-state index contributed by atoms with van der Waals surface area (Å²) in [5.41, 5.74) is 0. The van der Waals surface area contributed by atoms with Gasteiger partial charge in [-0.2, -0.15) is 4.31 Å². The normalized spacial score (nSPS) is 19.3. The van der Waals surface area contributed by atoms with Crippen molar-refractivity contribution in [3.8, 4) is 0 Å². The smallest absolute Gasteiger partial charge is 0.373 e. The second kappa shape index (κ2) is 16.8. The van der Waals surface area contributed by atoms with Gasteiger partial charge < -0.3 is 19.4 Å². The SMILES string of the molecule is CC(CCCCCCCCCC1CO1)CCCCCCCCOP(=O)(O)OP(=O)(O)O. The topological polar surface area (TPSA) is 126 Å². The molecule has 3 unspecified atom stereocenters. The Kier molecular flexibility index (Phi) is 15.8.